The molecule has 0 saturated carbocycles. The topological polar surface area (TPSA) is 49.9 Å². The molecule has 1 aliphatic heterocycles. The first kappa shape index (κ1) is 18.3. The van der Waals surface area contributed by atoms with Gasteiger partial charge in [-0.3, -0.25) is 4.79 Å². The van der Waals surface area contributed by atoms with Gasteiger partial charge in [-0.1, -0.05) is 30.3 Å². The van der Waals surface area contributed by atoms with Crippen LogP contribution in [0, 0.1) is 0 Å². The number of amides is 2. The number of ether oxygens (including phenoxy) is 1. The van der Waals surface area contributed by atoms with Gasteiger partial charge in [-0.25, -0.2) is 4.79 Å². The van der Waals surface area contributed by atoms with Crippen LogP contribution in [-0.2, 0) is 16.1 Å². The molecular formula is C19H28N2O3. The molecule has 0 spiro atoms. The molecule has 0 radical (unpaired) electrons. The van der Waals surface area contributed by atoms with Crippen LogP contribution in [0.1, 0.15) is 46.1 Å². The number of likely N-dealkylation sites (tertiary alicyclic amines) is 1. The molecule has 2 amide bonds. The average molecular weight is 332 g/mol. The lowest BCUT2D eigenvalue weighted by Gasteiger charge is -2.38. The van der Waals surface area contributed by atoms with Gasteiger partial charge in [0, 0.05) is 32.6 Å². The molecule has 1 aromatic rings. The molecule has 132 valence electrons. The minimum atomic E-state index is -0.480. The van der Waals surface area contributed by atoms with Gasteiger partial charge in [0.05, 0.1) is 0 Å². The molecule has 1 fully saturated rings. The normalized spacial score (nSPS) is 15.9. The Morgan fingerprint density at radius 1 is 1.17 bits per heavy atom. The van der Waals surface area contributed by atoms with E-state index in [4.69, 9.17) is 4.74 Å². The smallest absolute Gasteiger partial charge is 0.410 e. The molecule has 0 aliphatic carbocycles. The third kappa shape index (κ3) is 5.25. The van der Waals surface area contributed by atoms with Crippen molar-refractivity contribution in [1.82, 2.24) is 9.80 Å². The molecule has 1 aromatic carbocycles. The highest BCUT2D eigenvalue weighted by molar-refractivity contribution is 5.73. The summed E-state index contributed by atoms with van der Waals surface area (Å²) >= 11 is 0. The Labute approximate surface area is 144 Å². The second-order valence-electron chi connectivity index (χ2n) is 7.33. The van der Waals surface area contributed by atoms with Crippen LogP contribution in [0.5, 0.6) is 0 Å². The largest absolute Gasteiger partial charge is 0.444 e. The fourth-order valence-corrected chi connectivity index (χ4v) is 2.96. The third-order valence-corrected chi connectivity index (χ3v) is 4.16. The van der Waals surface area contributed by atoms with E-state index < -0.39 is 5.60 Å². The summed E-state index contributed by atoms with van der Waals surface area (Å²) in [6.07, 6.45) is 1.30. The van der Waals surface area contributed by atoms with Crippen molar-refractivity contribution < 1.29 is 14.3 Å². The van der Waals surface area contributed by atoms with E-state index >= 15 is 0 Å². The van der Waals surface area contributed by atoms with E-state index in [1.165, 1.54) is 0 Å². The summed E-state index contributed by atoms with van der Waals surface area (Å²) in [5.74, 6) is 0.0783. The molecule has 1 heterocycles. The second kappa shape index (κ2) is 7.69. The van der Waals surface area contributed by atoms with E-state index in [-0.39, 0.29) is 18.0 Å². The Morgan fingerprint density at radius 2 is 1.75 bits per heavy atom. The number of nitrogens with zero attached hydrogens (tertiary/aromatic N) is 2. The average Bonchev–Trinajstić information content (AvgIpc) is 2.52. The zero-order valence-corrected chi connectivity index (χ0v) is 15.1. The Kier molecular flexibility index (Phi) is 5.86. The maximum atomic E-state index is 12.1. The molecule has 0 atom stereocenters. The molecule has 0 unspecified atom stereocenters. The summed E-state index contributed by atoms with van der Waals surface area (Å²) in [4.78, 5) is 27.9. The Hall–Kier alpha value is -2.04. The maximum absolute atomic E-state index is 12.1. The predicted molar refractivity (Wildman–Crippen MR) is 93.5 cm³/mol. The van der Waals surface area contributed by atoms with Crippen molar-refractivity contribution in [1.29, 1.82) is 0 Å². The van der Waals surface area contributed by atoms with Crippen molar-refractivity contribution >= 4 is 12.0 Å². The van der Waals surface area contributed by atoms with E-state index in [2.05, 4.69) is 0 Å². The molecular weight excluding hydrogens is 304 g/mol. The fourth-order valence-electron chi connectivity index (χ4n) is 2.96. The highest BCUT2D eigenvalue weighted by atomic mass is 16.6. The summed E-state index contributed by atoms with van der Waals surface area (Å²) in [7, 11) is 0. The van der Waals surface area contributed by atoms with Crippen LogP contribution in [0.2, 0.25) is 0 Å². The van der Waals surface area contributed by atoms with Gasteiger partial charge in [0.1, 0.15) is 5.60 Å². The van der Waals surface area contributed by atoms with Gasteiger partial charge >= 0.3 is 6.09 Å². The van der Waals surface area contributed by atoms with E-state index in [9.17, 15) is 9.59 Å². The van der Waals surface area contributed by atoms with Crippen molar-refractivity contribution in [2.24, 2.45) is 0 Å². The highest BCUT2D eigenvalue weighted by Crippen LogP contribution is 2.21. The molecule has 5 heteroatoms. The predicted octanol–water partition coefficient (Wildman–Crippen LogP) is 3.43. The van der Waals surface area contributed by atoms with Crippen LogP contribution in [0.3, 0.4) is 0 Å². The van der Waals surface area contributed by atoms with Gasteiger partial charge in [0.15, 0.2) is 0 Å². The molecule has 0 bridgehead atoms. The monoisotopic (exact) mass is 332 g/mol. The lowest BCUT2D eigenvalue weighted by atomic mass is 10.0. The molecule has 2 rings (SSSR count). The first-order valence-electron chi connectivity index (χ1n) is 8.55. The fraction of sp³-hybridized carbons (Fsp3) is 0.579. The summed E-state index contributed by atoms with van der Waals surface area (Å²) in [6, 6.07) is 10.2. The summed E-state index contributed by atoms with van der Waals surface area (Å²) in [5.41, 5.74) is 0.648. The third-order valence-electron chi connectivity index (χ3n) is 4.16. The first-order valence-corrected chi connectivity index (χ1v) is 8.55. The molecule has 0 N–H and O–H groups in total. The Morgan fingerprint density at radius 3 is 2.25 bits per heavy atom. The Balaban J connectivity index is 1.93. The SMILES string of the molecule is CC(=O)N(Cc1ccccc1)C1CCN(C(=O)OC(C)(C)C)CC1. The summed E-state index contributed by atoms with van der Waals surface area (Å²) in [6.45, 7) is 9.09. The van der Waals surface area contributed by atoms with E-state index in [0.717, 1.165) is 18.4 Å². The number of benzene rings is 1. The summed E-state index contributed by atoms with van der Waals surface area (Å²) in [5, 5.41) is 0. The van der Waals surface area contributed by atoms with Crippen LogP contribution >= 0.6 is 0 Å². The van der Waals surface area contributed by atoms with Gasteiger partial charge in [-0.2, -0.15) is 0 Å². The highest BCUT2D eigenvalue weighted by Gasteiger charge is 2.30. The summed E-state index contributed by atoms with van der Waals surface area (Å²) < 4.78 is 5.42. The molecule has 0 aromatic heterocycles. The molecule has 5 nitrogen and oxygen atoms in total. The number of carbonyl (C=O) groups is 2. The van der Waals surface area contributed by atoms with Gasteiger partial charge < -0.3 is 14.5 Å². The maximum Gasteiger partial charge on any atom is 0.410 e. The minimum Gasteiger partial charge on any atom is -0.444 e. The van der Waals surface area contributed by atoms with Crippen molar-refractivity contribution in [3.05, 3.63) is 35.9 Å². The van der Waals surface area contributed by atoms with E-state index in [1.807, 2.05) is 56.0 Å². The van der Waals surface area contributed by atoms with Gasteiger partial charge in [0.25, 0.3) is 0 Å². The zero-order valence-electron chi connectivity index (χ0n) is 15.1. The van der Waals surface area contributed by atoms with Crippen LogP contribution in [0.15, 0.2) is 30.3 Å². The van der Waals surface area contributed by atoms with Crippen molar-refractivity contribution in [2.45, 2.75) is 58.7 Å². The van der Waals surface area contributed by atoms with Crippen LogP contribution in [0.25, 0.3) is 0 Å². The van der Waals surface area contributed by atoms with Gasteiger partial charge in [0.2, 0.25) is 5.91 Å². The quantitative estimate of drug-likeness (QED) is 0.852. The van der Waals surface area contributed by atoms with Crippen LogP contribution in [-0.4, -0.2) is 46.5 Å². The molecule has 1 aliphatic rings. The number of rotatable bonds is 3. The first-order chi connectivity index (χ1) is 11.3. The number of carbonyl (C=O) groups excluding carboxylic acids is 2. The Bertz CT molecular complexity index is 558. The van der Waals surface area contributed by atoms with Crippen LogP contribution < -0.4 is 0 Å². The molecule has 1 saturated heterocycles. The number of hydrogen-bond donors (Lipinski definition) is 0. The van der Waals surface area contributed by atoms with E-state index in [1.54, 1.807) is 11.8 Å². The number of piperidine rings is 1. The van der Waals surface area contributed by atoms with Gasteiger partial charge in [-0.15, -0.1) is 0 Å². The van der Waals surface area contributed by atoms with Crippen molar-refractivity contribution in [3.8, 4) is 0 Å². The lowest BCUT2D eigenvalue weighted by molar-refractivity contribution is -0.132. The minimum absolute atomic E-state index is 0.0783. The lowest BCUT2D eigenvalue weighted by Crippen LogP contribution is -2.48. The molecule has 24 heavy (non-hydrogen) atoms. The van der Waals surface area contributed by atoms with Crippen molar-refractivity contribution in [3.63, 3.8) is 0 Å². The van der Waals surface area contributed by atoms with Crippen molar-refractivity contribution in [2.75, 3.05) is 13.1 Å². The second-order valence-corrected chi connectivity index (χ2v) is 7.33. The van der Waals surface area contributed by atoms with Crippen LogP contribution in [0.4, 0.5) is 4.79 Å². The number of hydrogen-bond acceptors (Lipinski definition) is 3. The standard InChI is InChI=1S/C19H28N2O3/c1-15(22)21(14-16-8-6-5-7-9-16)17-10-12-20(13-11-17)18(23)24-19(2,3)4/h5-9,17H,10-14H2,1-4H3. The van der Waals surface area contributed by atoms with E-state index in [0.29, 0.717) is 19.6 Å². The van der Waals surface area contributed by atoms with Gasteiger partial charge in [-0.05, 0) is 39.2 Å². The zero-order chi connectivity index (χ0) is 17.7.